The molecule has 0 saturated carbocycles. The molecule has 15 heavy (non-hydrogen) atoms. The summed E-state index contributed by atoms with van der Waals surface area (Å²) in [6.07, 6.45) is -0.0652. The largest absolute Gasteiger partial charge is 0.312 e. The number of halogens is 1. The molecule has 0 aliphatic heterocycles. The van der Waals surface area contributed by atoms with Crippen molar-refractivity contribution in [3.63, 3.8) is 0 Å². The van der Waals surface area contributed by atoms with Crippen LogP contribution in [0.1, 0.15) is 12.0 Å². The lowest BCUT2D eigenvalue weighted by molar-refractivity contribution is -0.387. The molecule has 0 N–H and O–H groups in total. The first kappa shape index (κ1) is 10.9. The molecule has 0 aliphatic rings. The Morgan fingerprint density at radius 1 is 1.67 bits per heavy atom. The van der Waals surface area contributed by atoms with E-state index in [0.717, 1.165) is 6.07 Å². The van der Waals surface area contributed by atoms with Crippen molar-refractivity contribution in [2.75, 3.05) is 0 Å². The van der Waals surface area contributed by atoms with E-state index in [2.05, 4.69) is 6.58 Å². The summed E-state index contributed by atoms with van der Waals surface area (Å²) in [7, 11) is 0. The van der Waals surface area contributed by atoms with Crippen LogP contribution in [-0.2, 0) is 0 Å². The third-order valence-corrected chi connectivity index (χ3v) is 1.84. The van der Waals surface area contributed by atoms with Gasteiger partial charge in [-0.2, -0.15) is 9.65 Å². The second kappa shape index (κ2) is 4.33. The third-order valence-electron chi connectivity index (χ3n) is 1.84. The molecule has 0 radical (unpaired) electrons. The van der Waals surface area contributed by atoms with Crippen LogP contribution in [0.4, 0.5) is 10.1 Å². The van der Waals surface area contributed by atoms with E-state index in [-0.39, 0.29) is 17.6 Å². The minimum Gasteiger partial charge on any atom is -0.258 e. The van der Waals surface area contributed by atoms with Gasteiger partial charge in [-0.3, -0.25) is 10.1 Å². The minimum atomic E-state index is -0.920. The number of para-hydroxylation sites is 1. The molecule has 76 valence electrons. The van der Waals surface area contributed by atoms with Crippen LogP contribution in [0, 0.1) is 27.3 Å². The smallest absolute Gasteiger partial charge is 0.258 e. The van der Waals surface area contributed by atoms with Crippen molar-refractivity contribution in [2.45, 2.75) is 6.42 Å². The van der Waals surface area contributed by atoms with Gasteiger partial charge in [-0.1, -0.05) is 12.6 Å². The van der Waals surface area contributed by atoms with Gasteiger partial charge in [0.05, 0.1) is 23.0 Å². The zero-order chi connectivity index (χ0) is 11.4. The van der Waals surface area contributed by atoms with Crippen LogP contribution in [-0.4, -0.2) is 4.92 Å². The van der Waals surface area contributed by atoms with Crippen LogP contribution in [0.3, 0.4) is 0 Å². The summed E-state index contributed by atoms with van der Waals surface area (Å²) in [5.74, 6) is -0.920. The Hall–Kier alpha value is -2.22. The zero-order valence-electron chi connectivity index (χ0n) is 7.74. The highest BCUT2D eigenvalue weighted by atomic mass is 19.1. The number of hydrogen-bond donors (Lipinski definition) is 0. The molecule has 0 unspecified atom stereocenters. The first-order chi connectivity index (χ1) is 7.07. The van der Waals surface area contributed by atoms with Gasteiger partial charge in [-0.25, -0.2) is 0 Å². The van der Waals surface area contributed by atoms with Crippen molar-refractivity contribution in [1.82, 2.24) is 0 Å². The van der Waals surface area contributed by atoms with Gasteiger partial charge in [0.2, 0.25) is 5.82 Å². The molecule has 0 atom stereocenters. The molecule has 0 heterocycles. The average molecular weight is 206 g/mol. The van der Waals surface area contributed by atoms with Crippen LogP contribution < -0.4 is 0 Å². The molecule has 0 amide bonds. The molecule has 0 bridgehead atoms. The van der Waals surface area contributed by atoms with E-state index in [4.69, 9.17) is 5.26 Å². The van der Waals surface area contributed by atoms with Crippen molar-refractivity contribution >= 4 is 11.3 Å². The van der Waals surface area contributed by atoms with Crippen LogP contribution in [0.5, 0.6) is 0 Å². The quantitative estimate of drug-likeness (QED) is 0.564. The predicted molar refractivity (Wildman–Crippen MR) is 52.3 cm³/mol. The lowest BCUT2D eigenvalue weighted by atomic mass is 10.0. The van der Waals surface area contributed by atoms with Gasteiger partial charge in [0, 0.05) is 0 Å². The highest BCUT2D eigenvalue weighted by Gasteiger charge is 2.20. The van der Waals surface area contributed by atoms with E-state index in [1.54, 1.807) is 6.07 Å². The fourth-order valence-corrected chi connectivity index (χ4v) is 1.18. The number of hydrogen-bond acceptors (Lipinski definition) is 3. The van der Waals surface area contributed by atoms with Crippen molar-refractivity contribution in [1.29, 1.82) is 5.26 Å². The molecule has 4 nitrogen and oxygen atoms in total. The molecule has 1 aromatic carbocycles. The Labute approximate surface area is 85.4 Å². The molecule has 1 aromatic rings. The Morgan fingerprint density at radius 3 is 2.87 bits per heavy atom. The summed E-state index contributed by atoms with van der Waals surface area (Å²) >= 11 is 0. The number of nitro benzene ring substituents is 1. The van der Waals surface area contributed by atoms with E-state index >= 15 is 0 Å². The number of allylic oxidation sites excluding steroid dienone is 1. The molecular formula is C10H7FN2O2. The topological polar surface area (TPSA) is 66.9 Å². The van der Waals surface area contributed by atoms with Crippen LogP contribution in [0.15, 0.2) is 24.8 Å². The van der Waals surface area contributed by atoms with E-state index in [1.807, 2.05) is 0 Å². The fraction of sp³-hybridized carbons (Fsp3) is 0.100. The first-order valence-corrected chi connectivity index (χ1v) is 4.06. The van der Waals surface area contributed by atoms with Gasteiger partial charge >= 0.3 is 5.69 Å². The monoisotopic (exact) mass is 206 g/mol. The van der Waals surface area contributed by atoms with Crippen LogP contribution in [0.2, 0.25) is 0 Å². The van der Waals surface area contributed by atoms with Crippen LogP contribution in [0.25, 0.3) is 5.57 Å². The van der Waals surface area contributed by atoms with E-state index < -0.39 is 16.4 Å². The number of rotatable bonds is 3. The molecular weight excluding hydrogens is 199 g/mol. The third kappa shape index (κ3) is 2.17. The standard InChI is InChI=1S/C10H7FN2O2/c1-7(5-6-12)8-3-2-4-9(11)10(8)13(14)15/h2-4H,1,5H2. The van der Waals surface area contributed by atoms with Gasteiger partial charge in [0.15, 0.2) is 0 Å². The Kier molecular flexibility index (Phi) is 3.13. The summed E-state index contributed by atoms with van der Waals surface area (Å²) < 4.78 is 13.1. The highest BCUT2D eigenvalue weighted by molar-refractivity contribution is 5.72. The van der Waals surface area contributed by atoms with Crippen molar-refractivity contribution in [3.05, 3.63) is 46.3 Å². The van der Waals surface area contributed by atoms with E-state index in [0.29, 0.717) is 0 Å². The zero-order valence-corrected chi connectivity index (χ0v) is 7.74. The normalized spacial score (nSPS) is 9.33. The van der Waals surface area contributed by atoms with Gasteiger partial charge < -0.3 is 0 Å². The Morgan fingerprint density at radius 2 is 2.33 bits per heavy atom. The van der Waals surface area contributed by atoms with Gasteiger partial charge in [0.1, 0.15) is 0 Å². The van der Waals surface area contributed by atoms with Crippen molar-refractivity contribution < 1.29 is 9.31 Å². The summed E-state index contributed by atoms with van der Waals surface area (Å²) in [5.41, 5.74) is -0.317. The molecule has 0 spiro atoms. The van der Waals surface area contributed by atoms with Gasteiger partial charge in [0.25, 0.3) is 0 Å². The SMILES string of the molecule is C=C(CC#N)c1cccc(F)c1[N+](=O)[O-]. The molecule has 0 fully saturated rings. The minimum absolute atomic E-state index is 0.0652. The Bertz CT molecular complexity index is 463. The number of nitro groups is 1. The van der Waals surface area contributed by atoms with Crippen molar-refractivity contribution in [2.24, 2.45) is 0 Å². The first-order valence-electron chi connectivity index (χ1n) is 4.06. The maximum Gasteiger partial charge on any atom is 0.312 e. The number of nitrogens with zero attached hydrogens (tertiary/aromatic N) is 2. The van der Waals surface area contributed by atoms with Crippen molar-refractivity contribution in [3.8, 4) is 6.07 Å². The van der Waals surface area contributed by atoms with Crippen LogP contribution >= 0.6 is 0 Å². The summed E-state index contributed by atoms with van der Waals surface area (Å²) in [6, 6.07) is 5.53. The summed E-state index contributed by atoms with van der Waals surface area (Å²) in [6.45, 7) is 3.51. The second-order valence-electron chi connectivity index (χ2n) is 2.83. The van der Waals surface area contributed by atoms with Gasteiger partial charge in [-0.15, -0.1) is 0 Å². The second-order valence-corrected chi connectivity index (χ2v) is 2.83. The average Bonchev–Trinajstić information content (AvgIpc) is 2.17. The summed E-state index contributed by atoms with van der Waals surface area (Å²) in [4.78, 5) is 9.78. The molecule has 0 saturated heterocycles. The maximum absolute atomic E-state index is 13.1. The fourth-order valence-electron chi connectivity index (χ4n) is 1.18. The Balaban J connectivity index is 3.30. The highest BCUT2D eigenvalue weighted by Crippen LogP contribution is 2.28. The lowest BCUT2D eigenvalue weighted by Gasteiger charge is -2.03. The lowest BCUT2D eigenvalue weighted by Crippen LogP contribution is -1.97. The number of benzene rings is 1. The summed E-state index contributed by atoms with van der Waals surface area (Å²) in [5, 5.41) is 19.0. The van der Waals surface area contributed by atoms with Gasteiger partial charge in [-0.05, 0) is 17.7 Å². The van der Waals surface area contributed by atoms with E-state index in [9.17, 15) is 14.5 Å². The predicted octanol–water partition coefficient (Wildman–Crippen LogP) is 2.66. The number of nitriles is 1. The van der Waals surface area contributed by atoms with E-state index in [1.165, 1.54) is 12.1 Å². The molecule has 0 aliphatic carbocycles. The molecule has 5 heteroatoms. The molecule has 1 rings (SSSR count). The molecule has 0 aromatic heterocycles. The maximum atomic E-state index is 13.1.